The molecule has 120 valence electrons. The minimum Gasteiger partial charge on any atom is -0.465 e. The number of ether oxygens (including phenoxy) is 1. The Balaban J connectivity index is 1.62. The van der Waals surface area contributed by atoms with E-state index in [1.807, 2.05) is 0 Å². The van der Waals surface area contributed by atoms with E-state index in [4.69, 9.17) is 4.74 Å². The minimum absolute atomic E-state index is 0.0655. The Morgan fingerprint density at radius 3 is 3.00 bits per heavy atom. The Kier molecular flexibility index (Phi) is 3.61. The van der Waals surface area contributed by atoms with Crippen LogP contribution in [0, 0.1) is 23.2 Å². The third-order valence-electron chi connectivity index (χ3n) is 5.67. The maximum atomic E-state index is 12.5. The van der Waals surface area contributed by atoms with Gasteiger partial charge in [0, 0.05) is 18.4 Å². The van der Waals surface area contributed by atoms with Crippen molar-refractivity contribution in [1.82, 2.24) is 0 Å². The van der Waals surface area contributed by atoms with Crippen molar-refractivity contribution in [2.24, 2.45) is 23.2 Å². The fourth-order valence-electron chi connectivity index (χ4n) is 4.51. The van der Waals surface area contributed by atoms with Crippen LogP contribution < -0.4 is 0 Å². The summed E-state index contributed by atoms with van der Waals surface area (Å²) in [6, 6.07) is 0. The molecule has 1 saturated carbocycles. The molecule has 1 N–H and O–H groups in total. The Labute approximate surface area is 136 Å². The van der Waals surface area contributed by atoms with E-state index in [1.54, 1.807) is 0 Å². The van der Waals surface area contributed by atoms with Gasteiger partial charge in [-0.05, 0) is 36.3 Å². The smallest absolute Gasteiger partial charge is 0.312 e. The number of allylic oxidation sites excluding steroid dienone is 10. The van der Waals surface area contributed by atoms with Crippen molar-refractivity contribution >= 4 is 5.97 Å². The van der Waals surface area contributed by atoms with Gasteiger partial charge in [0.25, 0.3) is 0 Å². The van der Waals surface area contributed by atoms with Gasteiger partial charge >= 0.3 is 5.97 Å². The lowest BCUT2D eigenvalue weighted by Gasteiger charge is -2.25. The van der Waals surface area contributed by atoms with Crippen LogP contribution in [0.5, 0.6) is 0 Å². The molecule has 3 heteroatoms. The van der Waals surface area contributed by atoms with Crippen molar-refractivity contribution in [3.63, 3.8) is 0 Å². The average molecular weight is 310 g/mol. The number of hydrogen-bond donors (Lipinski definition) is 1. The maximum absolute atomic E-state index is 12.5. The van der Waals surface area contributed by atoms with Crippen molar-refractivity contribution < 1.29 is 14.6 Å². The van der Waals surface area contributed by atoms with Crippen LogP contribution in [0.2, 0.25) is 0 Å². The van der Waals surface area contributed by atoms with E-state index >= 15 is 0 Å². The van der Waals surface area contributed by atoms with E-state index in [1.165, 1.54) is 11.1 Å². The Morgan fingerprint density at radius 2 is 2.13 bits per heavy atom. The zero-order valence-electron chi connectivity index (χ0n) is 13.2. The first kappa shape index (κ1) is 14.7. The highest BCUT2D eigenvalue weighted by Gasteiger charge is 2.57. The molecule has 0 spiro atoms. The number of fused-ring (bicyclic) bond motifs is 2. The van der Waals surface area contributed by atoms with Crippen LogP contribution in [0.3, 0.4) is 0 Å². The molecule has 3 nitrogen and oxygen atoms in total. The first-order chi connectivity index (χ1) is 11.2. The number of esters is 1. The van der Waals surface area contributed by atoms with Crippen LogP contribution in [0.25, 0.3) is 0 Å². The van der Waals surface area contributed by atoms with Crippen LogP contribution in [0.4, 0.5) is 0 Å². The molecular formula is C20H22O3. The summed E-state index contributed by atoms with van der Waals surface area (Å²) in [6.45, 7) is 0.685. The van der Waals surface area contributed by atoms with Gasteiger partial charge in [0.15, 0.2) is 0 Å². The monoisotopic (exact) mass is 310 g/mol. The molecule has 0 aromatic heterocycles. The normalized spacial score (nSPS) is 37.8. The van der Waals surface area contributed by atoms with Crippen LogP contribution in [0.15, 0.2) is 59.8 Å². The molecule has 1 heterocycles. The molecule has 0 aromatic carbocycles. The quantitative estimate of drug-likeness (QED) is 0.815. The number of carbonyl (C=O) groups excluding carboxylic acids is 1. The summed E-state index contributed by atoms with van der Waals surface area (Å²) in [6.07, 6.45) is 19.5. The summed E-state index contributed by atoms with van der Waals surface area (Å²) in [5.74, 6) is 0.685. The SMILES string of the molecule is O=C1OC[C@H]2CC(CO)C[C@@]12CC1=CC2C=CC=CC(=C2)C=C1. The number of aliphatic hydroxyl groups excluding tert-OH is 1. The molecule has 1 aliphatic heterocycles. The molecule has 0 amide bonds. The lowest BCUT2D eigenvalue weighted by molar-refractivity contribution is -0.146. The summed E-state index contributed by atoms with van der Waals surface area (Å²) in [5.41, 5.74) is 1.97. The van der Waals surface area contributed by atoms with Crippen molar-refractivity contribution in [2.45, 2.75) is 19.3 Å². The van der Waals surface area contributed by atoms with Crippen molar-refractivity contribution in [2.75, 3.05) is 13.2 Å². The van der Waals surface area contributed by atoms with Gasteiger partial charge < -0.3 is 9.84 Å². The molecule has 23 heavy (non-hydrogen) atoms. The molecule has 0 aromatic rings. The molecule has 2 unspecified atom stereocenters. The highest BCUT2D eigenvalue weighted by Crippen LogP contribution is 2.54. The summed E-state index contributed by atoms with van der Waals surface area (Å²) in [7, 11) is 0. The molecule has 0 radical (unpaired) electrons. The van der Waals surface area contributed by atoms with Gasteiger partial charge in [0.2, 0.25) is 0 Å². The van der Waals surface area contributed by atoms with Crippen LogP contribution in [-0.4, -0.2) is 24.3 Å². The Bertz CT molecular complexity index is 664. The fourth-order valence-corrected chi connectivity index (χ4v) is 4.51. The fraction of sp³-hybridized carbons (Fsp3) is 0.450. The molecule has 1 saturated heterocycles. The molecular weight excluding hydrogens is 288 g/mol. The summed E-state index contributed by atoms with van der Waals surface area (Å²) in [4.78, 5) is 12.5. The number of cyclic esters (lactones) is 1. The van der Waals surface area contributed by atoms with Crippen LogP contribution in [-0.2, 0) is 9.53 Å². The zero-order valence-corrected chi connectivity index (χ0v) is 13.2. The minimum atomic E-state index is -0.428. The Hall–Kier alpha value is -1.87. The van der Waals surface area contributed by atoms with Gasteiger partial charge in [0.1, 0.15) is 0 Å². The van der Waals surface area contributed by atoms with Gasteiger partial charge in [-0.15, -0.1) is 0 Å². The van der Waals surface area contributed by atoms with Gasteiger partial charge in [-0.1, -0.05) is 48.6 Å². The third kappa shape index (κ3) is 2.53. The van der Waals surface area contributed by atoms with Gasteiger partial charge in [-0.3, -0.25) is 4.79 Å². The molecule has 4 aliphatic rings. The molecule has 4 atom stereocenters. The predicted octanol–water partition coefficient (Wildman–Crippen LogP) is 3.10. The first-order valence-electron chi connectivity index (χ1n) is 8.43. The molecule has 4 rings (SSSR count). The Morgan fingerprint density at radius 1 is 1.22 bits per heavy atom. The maximum Gasteiger partial charge on any atom is 0.312 e. The predicted molar refractivity (Wildman–Crippen MR) is 88.4 cm³/mol. The van der Waals surface area contributed by atoms with Gasteiger partial charge in [-0.2, -0.15) is 0 Å². The second kappa shape index (κ2) is 5.64. The van der Waals surface area contributed by atoms with Gasteiger partial charge in [0.05, 0.1) is 12.0 Å². The van der Waals surface area contributed by atoms with E-state index in [2.05, 4.69) is 48.6 Å². The van der Waals surface area contributed by atoms with E-state index in [0.717, 1.165) is 19.3 Å². The summed E-state index contributed by atoms with van der Waals surface area (Å²) in [5, 5.41) is 9.52. The topological polar surface area (TPSA) is 46.5 Å². The van der Waals surface area contributed by atoms with Crippen molar-refractivity contribution in [1.29, 1.82) is 0 Å². The average Bonchev–Trinajstić information content (AvgIpc) is 2.84. The zero-order chi connectivity index (χ0) is 15.9. The van der Waals surface area contributed by atoms with Crippen molar-refractivity contribution in [3.8, 4) is 0 Å². The van der Waals surface area contributed by atoms with Crippen molar-refractivity contribution in [3.05, 3.63) is 59.8 Å². The number of carbonyl (C=O) groups is 1. The molecule has 3 aliphatic carbocycles. The number of hydrogen-bond acceptors (Lipinski definition) is 3. The second-order valence-corrected chi connectivity index (χ2v) is 7.18. The lowest BCUT2D eigenvalue weighted by atomic mass is 9.74. The largest absolute Gasteiger partial charge is 0.465 e. The van der Waals surface area contributed by atoms with Crippen LogP contribution >= 0.6 is 0 Å². The van der Waals surface area contributed by atoms with Gasteiger partial charge in [-0.25, -0.2) is 0 Å². The number of rotatable bonds is 3. The number of aliphatic hydroxyl groups is 1. The molecule has 2 bridgehead atoms. The standard InChI is InChI=1S/C20H22O3/c21-12-17-9-18-13-23-19(22)20(18,11-17)10-16-6-5-14-3-1-2-4-15(7-14)8-16/h1-8,15,17-18,21H,9-13H2/t15?,17?,18-,20-/m1/s1. The van der Waals surface area contributed by atoms with E-state index in [9.17, 15) is 9.90 Å². The lowest BCUT2D eigenvalue weighted by Crippen LogP contribution is -2.30. The summed E-state index contributed by atoms with van der Waals surface area (Å²) >= 11 is 0. The highest BCUT2D eigenvalue weighted by molar-refractivity contribution is 5.80. The molecule has 2 fully saturated rings. The third-order valence-corrected chi connectivity index (χ3v) is 5.67. The van der Waals surface area contributed by atoms with E-state index in [0.29, 0.717) is 6.61 Å². The second-order valence-electron chi connectivity index (χ2n) is 7.18. The van der Waals surface area contributed by atoms with E-state index < -0.39 is 5.41 Å². The van der Waals surface area contributed by atoms with Crippen LogP contribution in [0.1, 0.15) is 19.3 Å². The van der Waals surface area contributed by atoms with E-state index in [-0.39, 0.29) is 30.3 Å². The highest BCUT2D eigenvalue weighted by atomic mass is 16.5. The summed E-state index contributed by atoms with van der Waals surface area (Å²) < 4.78 is 5.39. The first-order valence-corrected chi connectivity index (χ1v) is 8.43.